The molecule has 0 aliphatic carbocycles. The molecule has 0 atom stereocenters. The number of rotatable bonds is 4. The van der Waals surface area contributed by atoms with E-state index in [9.17, 15) is 0 Å². The van der Waals surface area contributed by atoms with Crippen LogP contribution in [0.25, 0.3) is 5.69 Å². The second-order valence-electron chi connectivity index (χ2n) is 4.34. The average molecular weight is 303 g/mol. The Bertz CT molecular complexity index is 730. The first-order chi connectivity index (χ1) is 9.75. The van der Waals surface area contributed by atoms with Crippen LogP contribution in [0.4, 0.5) is 5.95 Å². The van der Waals surface area contributed by atoms with Crippen molar-refractivity contribution < 1.29 is 0 Å². The molecular weight excluding hydrogens is 290 g/mol. The van der Waals surface area contributed by atoms with Crippen LogP contribution in [0.1, 0.15) is 5.69 Å². The monoisotopic (exact) mass is 303 g/mol. The van der Waals surface area contributed by atoms with Gasteiger partial charge in [-0.15, -0.1) is 16.4 Å². The third-order valence-electron chi connectivity index (χ3n) is 2.89. The molecular formula is C13H13N5S2. The Labute approximate surface area is 125 Å². The Hall–Kier alpha value is -1.99. The summed E-state index contributed by atoms with van der Waals surface area (Å²) in [5.41, 5.74) is 3.84. The molecule has 102 valence electrons. The first-order valence-corrected chi connectivity index (χ1v) is 7.42. The van der Waals surface area contributed by atoms with Crippen molar-refractivity contribution >= 4 is 29.5 Å². The zero-order chi connectivity index (χ0) is 13.9. The Kier molecular flexibility index (Phi) is 3.62. The second kappa shape index (κ2) is 5.56. The van der Waals surface area contributed by atoms with Gasteiger partial charge in [-0.05, 0) is 24.4 Å². The van der Waals surface area contributed by atoms with E-state index in [1.807, 2.05) is 57.7 Å². The maximum absolute atomic E-state index is 5.33. The normalized spacial score (nSPS) is 10.7. The standard InChI is InChI=1S/C13H13N5S2/c1-17(7-10-8-20-9-14-10)12-15-16-13(19)18(12)11-5-3-2-4-6-11/h2-6,8-9H,7H2,1H3,(H,16,19). The van der Waals surface area contributed by atoms with E-state index in [-0.39, 0.29) is 0 Å². The van der Waals surface area contributed by atoms with E-state index in [0.29, 0.717) is 11.3 Å². The van der Waals surface area contributed by atoms with Gasteiger partial charge in [0.1, 0.15) is 0 Å². The minimum absolute atomic E-state index is 0.580. The number of thiazole rings is 1. The Morgan fingerprint density at radius 3 is 2.85 bits per heavy atom. The minimum Gasteiger partial charge on any atom is -0.338 e. The molecule has 1 N–H and O–H groups in total. The summed E-state index contributed by atoms with van der Waals surface area (Å²) in [4.78, 5) is 6.32. The van der Waals surface area contributed by atoms with Crippen molar-refractivity contribution in [2.75, 3.05) is 11.9 Å². The van der Waals surface area contributed by atoms with E-state index in [2.05, 4.69) is 15.2 Å². The lowest BCUT2D eigenvalue weighted by molar-refractivity contribution is 0.827. The van der Waals surface area contributed by atoms with Gasteiger partial charge in [0.2, 0.25) is 10.7 Å². The number of aromatic nitrogens is 4. The quantitative estimate of drug-likeness (QED) is 0.753. The average Bonchev–Trinajstić information content (AvgIpc) is 3.09. The SMILES string of the molecule is CN(Cc1cscn1)c1n[nH]c(=S)n1-c1ccccc1. The summed E-state index contributed by atoms with van der Waals surface area (Å²) in [5.74, 6) is 0.772. The van der Waals surface area contributed by atoms with Crippen LogP contribution in [0.5, 0.6) is 0 Å². The van der Waals surface area contributed by atoms with E-state index < -0.39 is 0 Å². The van der Waals surface area contributed by atoms with E-state index >= 15 is 0 Å². The zero-order valence-electron chi connectivity index (χ0n) is 10.9. The van der Waals surface area contributed by atoms with Crippen LogP contribution >= 0.6 is 23.6 Å². The lowest BCUT2D eigenvalue weighted by atomic mass is 10.3. The summed E-state index contributed by atoms with van der Waals surface area (Å²) in [5, 5.41) is 9.20. The van der Waals surface area contributed by atoms with Crippen LogP contribution in [0.3, 0.4) is 0 Å². The fraction of sp³-hybridized carbons (Fsp3) is 0.154. The molecule has 0 bridgehead atoms. The highest BCUT2D eigenvalue weighted by atomic mass is 32.1. The van der Waals surface area contributed by atoms with Gasteiger partial charge < -0.3 is 4.90 Å². The van der Waals surface area contributed by atoms with Gasteiger partial charge >= 0.3 is 0 Å². The van der Waals surface area contributed by atoms with Crippen LogP contribution in [-0.4, -0.2) is 26.8 Å². The van der Waals surface area contributed by atoms with Crippen LogP contribution < -0.4 is 4.90 Å². The second-order valence-corrected chi connectivity index (χ2v) is 5.44. The van der Waals surface area contributed by atoms with E-state index in [1.165, 1.54) is 0 Å². The summed E-state index contributed by atoms with van der Waals surface area (Å²) >= 11 is 6.92. The van der Waals surface area contributed by atoms with Gasteiger partial charge in [-0.2, -0.15) is 0 Å². The lowest BCUT2D eigenvalue weighted by Gasteiger charge is -2.17. The molecule has 1 aromatic carbocycles. The molecule has 0 spiro atoms. The predicted octanol–water partition coefficient (Wildman–Crippen LogP) is 3.02. The van der Waals surface area contributed by atoms with Crippen molar-refractivity contribution in [3.63, 3.8) is 0 Å². The molecule has 3 rings (SSSR count). The molecule has 2 heterocycles. The van der Waals surface area contributed by atoms with Gasteiger partial charge in [-0.3, -0.25) is 4.57 Å². The van der Waals surface area contributed by atoms with Crippen molar-refractivity contribution in [2.45, 2.75) is 6.54 Å². The maximum Gasteiger partial charge on any atom is 0.230 e. The van der Waals surface area contributed by atoms with Gasteiger partial charge in [0.15, 0.2) is 0 Å². The fourth-order valence-electron chi connectivity index (χ4n) is 1.98. The Morgan fingerprint density at radius 1 is 1.35 bits per heavy atom. The van der Waals surface area contributed by atoms with Crippen LogP contribution in [0.15, 0.2) is 41.2 Å². The first-order valence-electron chi connectivity index (χ1n) is 6.07. The molecule has 0 radical (unpaired) electrons. The third-order valence-corrected chi connectivity index (χ3v) is 3.80. The molecule has 2 aromatic heterocycles. The molecule has 0 fully saturated rings. The van der Waals surface area contributed by atoms with E-state index in [0.717, 1.165) is 17.3 Å². The van der Waals surface area contributed by atoms with Gasteiger partial charge in [-0.1, -0.05) is 18.2 Å². The lowest BCUT2D eigenvalue weighted by Crippen LogP contribution is -2.20. The molecule has 3 aromatic rings. The van der Waals surface area contributed by atoms with Gasteiger partial charge in [0.25, 0.3) is 0 Å². The molecule has 0 amide bonds. The molecule has 0 saturated heterocycles. The highest BCUT2D eigenvalue weighted by molar-refractivity contribution is 7.71. The largest absolute Gasteiger partial charge is 0.338 e. The number of para-hydroxylation sites is 1. The number of H-pyrrole nitrogens is 1. The van der Waals surface area contributed by atoms with Crippen LogP contribution in [0.2, 0.25) is 0 Å². The number of benzene rings is 1. The first kappa shape index (κ1) is 13.0. The van der Waals surface area contributed by atoms with Gasteiger partial charge in [0.05, 0.1) is 23.4 Å². The summed E-state index contributed by atoms with van der Waals surface area (Å²) in [7, 11) is 1.98. The number of hydrogen-bond donors (Lipinski definition) is 1. The fourth-order valence-corrected chi connectivity index (χ4v) is 2.77. The molecule has 0 aliphatic heterocycles. The molecule has 7 heteroatoms. The number of anilines is 1. The summed E-state index contributed by atoms with van der Waals surface area (Å²) < 4.78 is 2.50. The van der Waals surface area contributed by atoms with Crippen molar-refractivity contribution in [1.82, 2.24) is 19.7 Å². The van der Waals surface area contributed by atoms with Crippen molar-refractivity contribution in [1.29, 1.82) is 0 Å². The smallest absolute Gasteiger partial charge is 0.230 e. The zero-order valence-corrected chi connectivity index (χ0v) is 12.5. The van der Waals surface area contributed by atoms with Crippen molar-refractivity contribution in [3.05, 3.63) is 51.7 Å². The van der Waals surface area contributed by atoms with Gasteiger partial charge in [0, 0.05) is 12.4 Å². The maximum atomic E-state index is 5.33. The van der Waals surface area contributed by atoms with Crippen LogP contribution in [0, 0.1) is 4.77 Å². The highest BCUT2D eigenvalue weighted by Crippen LogP contribution is 2.18. The topological polar surface area (TPSA) is 49.7 Å². The van der Waals surface area contributed by atoms with Crippen LogP contribution in [-0.2, 0) is 6.54 Å². The number of aromatic amines is 1. The molecule has 5 nitrogen and oxygen atoms in total. The molecule has 0 unspecified atom stereocenters. The third kappa shape index (κ3) is 2.50. The molecule has 0 aliphatic rings. The molecule has 0 saturated carbocycles. The van der Waals surface area contributed by atoms with E-state index in [4.69, 9.17) is 12.2 Å². The summed E-state index contributed by atoms with van der Waals surface area (Å²) in [6.45, 7) is 0.690. The number of hydrogen-bond acceptors (Lipinski definition) is 5. The molecule has 20 heavy (non-hydrogen) atoms. The Morgan fingerprint density at radius 2 is 2.15 bits per heavy atom. The minimum atomic E-state index is 0.580. The number of nitrogens with zero attached hydrogens (tertiary/aromatic N) is 4. The highest BCUT2D eigenvalue weighted by Gasteiger charge is 2.13. The predicted molar refractivity (Wildman–Crippen MR) is 83.0 cm³/mol. The summed E-state index contributed by atoms with van der Waals surface area (Å²) in [6.07, 6.45) is 0. The van der Waals surface area contributed by atoms with Crippen molar-refractivity contribution in [3.8, 4) is 5.69 Å². The van der Waals surface area contributed by atoms with Gasteiger partial charge in [-0.25, -0.2) is 10.1 Å². The summed E-state index contributed by atoms with van der Waals surface area (Å²) in [6, 6.07) is 9.95. The van der Waals surface area contributed by atoms with Crippen molar-refractivity contribution in [2.24, 2.45) is 0 Å². The Balaban J connectivity index is 1.97. The van der Waals surface area contributed by atoms with E-state index in [1.54, 1.807) is 11.3 Å². The number of nitrogens with one attached hydrogen (secondary N) is 1.